The monoisotopic (exact) mass is 235 g/mol. The highest BCUT2D eigenvalue weighted by Gasteiger charge is 2.21. The molecule has 2 N–H and O–H groups in total. The quantitative estimate of drug-likeness (QED) is 0.826. The van der Waals surface area contributed by atoms with Gasteiger partial charge in [-0.15, -0.1) is 0 Å². The van der Waals surface area contributed by atoms with Crippen molar-refractivity contribution in [1.29, 1.82) is 0 Å². The van der Waals surface area contributed by atoms with E-state index in [1.54, 1.807) is 10.7 Å². The Bertz CT molecular complexity index is 546. The van der Waals surface area contributed by atoms with Crippen molar-refractivity contribution in [3.05, 3.63) is 24.0 Å². The van der Waals surface area contributed by atoms with Crippen LogP contribution in [0.4, 0.5) is 10.2 Å². The van der Waals surface area contributed by atoms with E-state index in [0.29, 0.717) is 10.9 Å². The summed E-state index contributed by atoms with van der Waals surface area (Å²) in [4.78, 5) is 0. The lowest BCUT2D eigenvalue weighted by Gasteiger charge is -2.23. The topological polar surface area (TPSA) is 53.1 Å². The molecule has 4 nitrogen and oxygen atoms in total. The SMILES string of the molecule is Nc1nn(C2CCCCO2)c2cccc(F)c12. The summed E-state index contributed by atoms with van der Waals surface area (Å²) in [6.07, 6.45) is 2.94. The number of benzene rings is 1. The summed E-state index contributed by atoms with van der Waals surface area (Å²) in [6, 6.07) is 4.88. The molecule has 0 spiro atoms. The Hall–Kier alpha value is -1.62. The summed E-state index contributed by atoms with van der Waals surface area (Å²) in [5, 5.41) is 4.59. The highest BCUT2D eigenvalue weighted by molar-refractivity contribution is 5.89. The van der Waals surface area contributed by atoms with E-state index in [1.165, 1.54) is 6.07 Å². The number of aromatic nitrogens is 2. The van der Waals surface area contributed by atoms with Crippen molar-refractivity contribution in [3.63, 3.8) is 0 Å². The fraction of sp³-hybridized carbons (Fsp3) is 0.417. The first-order valence-electron chi connectivity index (χ1n) is 5.81. The first-order chi connectivity index (χ1) is 8.27. The number of halogens is 1. The fourth-order valence-electron chi connectivity index (χ4n) is 2.31. The fourth-order valence-corrected chi connectivity index (χ4v) is 2.31. The van der Waals surface area contributed by atoms with E-state index in [9.17, 15) is 4.39 Å². The van der Waals surface area contributed by atoms with Crippen LogP contribution < -0.4 is 5.73 Å². The van der Waals surface area contributed by atoms with E-state index in [-0.39, 0.29) is 17.9 Å². The Morgan fingerprint density at radius 3 is 3.06 bits per heavy atom. The lowest BCUT2D eigenvalue weighted by molar-refractivity contribution is -0.0365. The maximum absolute atomic E-state index is 13.7. The highest BCUT2D eigenvalue weighted by Crippen LogP contribution is 2.30. The Balaban J connectivity index is 2.13. The van der Waals surface area contributed by atoms with Crippen LogP contribution in [0.3, 0.4) is 0 Å². The van der Waals surface area contributed by atoms with E-state index in [2.05, 4.69) is 5.10 Å². The summed E-state index contributed by atoms with van der Waals surface area (Å²) < 4.78 is 21.0. The first kappa shape index (κ1) is 10.5. The third-order valence-corrected chi connectivity index (χ3v) is 3.14. The normalized spacial score (nSPS) is 20.9. The number of ether oxygens (including phenoxy) is 1. The minimum atomic E-state index is -0.331. The van der Waals surface area contributed by atoms with Gasteiger partial charge in [0.25, 0.3) is 0 Å². The zero-order valence-electron chi connectivity index (χ0n) is 9.40. The Labute approximate surface area is 98.2 Å². The number of fused-ring (bicyclic) bond motifs is 1. The Morgan fingerprint density at radius 1 is 1.41 bits per heavy atom. The predicted octanol–water partition coefficient (Wildman–Crippen LogP) is 2.46. The molecule has 0 radical (unpaired) electrons. The molecule has 3 rings (SSSR count). The van der Waals surface area contributed by atoms with Crippen LogP contribution in [0.2, 0.25) is 0 Å². The number of nitrogens with two attached hydrogens (primary N) is 1. The van der Waals surface area contributed by atoms with Gasteiger partial charge in [-0.3, -0.25) is 0 Å². The zero-order valence-corrected chi connectivity index (χ0v) is 9.40. The maximum Gasteiger partial charge on any atom is 0.156 e. The van der Waals surface area contributed by atoms with Gasteiger partial charge in [-0.05, 0) is 31.4 Å². The maximum atomic E-state index is 13.7. The summed E-state index contributed by atoms with van der Waals surface area (Å²) in [7, 11) is 0. The van der Waals surface area contributed by atoms with Crippen molar-refractivity contribution in [2.45, 2.75) is 25.5 Å². The average molecular weight is 235 g/mol. The summed E-state index contributed by atoms with van der Waals surface area (Å²) in [5.74, 6) is -0.102. The number of hydrogen-bond donors (Lipinski definition) is 1. The number of rotatable bonds is 1. The molecule has 90 valence electrons. The molecule has 1 aromatic heterocycles. The minimum absolute atomic E-state index is 0.120. The van der Waals surface area contributed by atoms with Crippen LogP contribution in [0.25, 0.3) is 10.9 Å². The summed E-state index contributed by atoms with van der Waals surface area (Å²) in [5.41, 5.74) is 6.46. The first-order valence-corrected chi connectivity index (χ1v) is 5.81. The third-order valence-electron chi connectivity index (χ3n) is 3.14. The van der Waals surface area contributed by atoms with E-state index in [1.807, 2.05) is 6.07 Å². The van der Waals surface area contributed by atoms with Gasteiger partial charge >= 0.3 is 0 Å². The second-order valence-electron chi connectivity index (χ2n) is 4.28. The second-order valence-corrected chi connectivity index (χ2v) is 4.28. The Morgan fingerprint density at radius 2 is 2.29 bits per heavy atom. The van der Waals surface area contributed by atoms with Crippen molar-refractivity contribution in [2.24, 2.45) is 0 Å². The number of anilines is 1. The molecule has 1 unspecified atom stereocenters. The van der Waals surface area contributed by atoms with Gasteiger partial charge in [-0.2, -0.15) is 5.10 Å². The molecule has 0 saturated carbocycles. The molecule has 2 aromatic rings. The number of hydrogen-bond acceptors (Lipinski definition) is 3. The van der Waals surface area contributed by atoms with E-state index < -0.39 is 0 Å². The van der Waals surface area contributed by atoms with Crippen LogP contribution in [-0.2, 0) is 4.74 Å². The van der Waals surface area contributed by atoms with Gasteiger partial charge in [0.05, 0.1) is 10.9 Å². The van der Waals surface area contributed by atoms with E-state index in [4.69, 9.17) is 10.5 Å². The van der Waals surface area contributed by atoms with Crippen molar-refractivity contribution >= 4 is 16.7 Å². The van der Waals surface area contributed by atoms with Crippen molar-refractivity contribution < 1.29 is 9.13 Å². The molecule has 1 aliphatic rings. The van der Waals surface area contributed by atoms with Gasteiger partial charge < -0.3 is 10.5 Å². The lowest BCUT2D eigenvalue weighted by atomic mass is 10.2. The van der Waals surface area contributed by atoms with Crippen LogP contribution in [0, 0.1) is 5.82 Å². The molecule has 1 aliphatic heterocycles. The molecule has 2 heterocycles. The predicted molar refractivity (Wildman–Crippen MR) is 62.9 cm³/mol. The van der Waals surface area contributed by atoms with Crippen LogP contribution in [0.1, 0.15) is 25.5 Å². The zero-order chi connectivity index (χ0) is 11.8. The van der Waals surface area contributed by atoms with Gasteiger partial charge in [0.2, 0.25) is 0 Å². The molecule has 0 bridgehead atoms. The molecule has 0 aliphatic carbocycles. The van der Waals surface area contributed by atoms with Gasteiger partial charge in [0.15, 0.2) is 12.0 Å². The van der Waals surface area contributed by atoms with Crippen LogP contribution in [0.5, 0.6) is 0 Å². The molecule has 1 aromatic carbocycles. The van der Waals surface area contributed by atoms with Crippen molar-refractivity contribution in [3.8, 4) is 0 Å². The standard InChI is InChI=1S/C12H14FN3O/c13-8-4-3-5-9-11(8)12(14)15-16(9)10-6-1-2-7-17-10/h3-5,10H,1-2,6-7H2,(H2,14,15). The largest absolute Gasteiger partial charge is 0.382 e. The number of nitrogens with zero attached hydrogens (tertiary/aromatic N) is 2. The molecule has 17 heavy (non-hydrogen) atoms. The third kappa shape index (κ3) is 1.67. The van der Waals surface area contributed by atoms with Gasteiger partial charge in [-0.1, -0.05) is 6.07 Å². The van der Waals surface area contributed by atoms with E-state index in [0.717, 1.165) is 25.9 Å². The highest BCUT2D eigenvalue weighted by atomic mass is 19.1. The van der Waals surface area contributed by atoms with Crippen LogP contribution in [0.15, 0.2) is 18.2 Å². The molecule has 1 saturated heterocycles. The van der Waals surface area contributed by atoms with Crippen LogP contribution >= 0.6 is 0 Å². The van der Waals surface area contributed by atoms with E-state index >= 15 is 0 Å². The summed E-state index contributed by atoms with van der Waals surface area (Å²) in [6.45, 7) is 0.723. The number of nitrogen functional groups attached to an aromatic ring is 1. The van der Waals surface area contributed by atoms with Gasteiger partial charge in [0.1, 0.15) is 5.82 Å². The molecular formula is C12H14FN3O. The summed E-state index contributed by atoms with van der Waals surface area (Å²) >= 11 is 0. The smallest absolute Gasteiger partial charge is 0.156 e. The molecule has 1 atom stereocenters. The molecular weight excluding hydrogens is 221 g/mol. The lowest BCUT2D eigenvalue weighted by Crippen LogP contribution is -2.19. The minimum Gasteiger partial charge on any atom is -0.382 e. The molecule has 5 heteroatoms. The average Bonchev–Trinajstić information content (AvgIpc) is 2.69. The molecule has 1 fully saturated rings. The second kappa shape index (κ2) is 4.00. The van der Waals surface area contributed by atoms with Crippen molar-refractivity contribution in [2.75, 3.05) is 12.3 Å². The van der Waals surface area contributed by atoms with Gasteiger partial charge in [0, 0.05) is 6.61 Å². The molecule has 0 amide bonds. The van der Waals surface area contributed by atoms with Crippen molar-refractivity contribution in [1.82, 2.24) is 9.78 Å². The van der Waals surface area contributed by atoms with Crippen LogP contribution in [-0.4, -0.2) is 16.4 Å². The van der Waals surface area contributed by atoms with Gasteiger partial charge in [-0.25, -0.2) is 9.07 Å². The Kier molecular flexibility index (Phi) is 2.48.